The molecular formula is C15H23N3O. The van der Waals surface area contributed by atoms with Gasteiger partial charge in [0.2, 0.25) is 5.91 Å². The van der Waals surface area contributed by atoms with Crippen LogP contribution in [0.5, 0.6) is 0 Å². The van der Waals surface area contributed by atoms with Crippen LogP contribution in [0.3, 0.4) is 0 Å². The lowest BCUT2D eigenvalue weighted by molar-refractivity contribution is -0.132. The van der Waals surface area contributed by atoms with Gasteiger partial charge in [0, 0.05) is 45.7 Å². The van der Waals surface area contributed by atoms with E-state index in [1.54, 1.807) is 0 Å². The number of piperazine rings is 1. The van der Waals surface area contributed by atoms with Crippen LogP contribution in [0.15, 0.2) is 30.3 Å². The Balaban J connectivity index is 1.70. The number of carbonyl (C=O) groups excluding carboxylic acids is 1. The van der Waals surface area contributed by atoms with E-state index in [1.165, 1.54) is 5.56 Å². The Labute approximate surface area is 115 Å². The first-order chi connectivity index (χ1) is 9.29. The van der Waals surface area contributed by atoms with E-state index in [2.05, 4.69) is 29.2 Å². The molecule has 19 heavy (non-hydrogen) atoms. The molecule has 0 radical (unpaired) electrons. The number of rotatable bonds is 5. The number of nitrogens with two attached hydrogens (primary N) is 1. The Bertz CT molecular complexity index is 386. The molecule has 1 aromatic carbocycles. The monoisotopic (exact) mass is 261 g/mol. The van der Waals surface area contributed by atoms with Crippen LogP contribution in [-0.4, -0.2) is 55.0 Å². The average Bonchev–Trinajstić information content (AvgIpc) is 2.47. The fourth-order valence-electron chi connectivity index (χ4n) is 2.43. The second-order valence-electron chi connectivity index (χ2n) is 5.00. The van der Waals surface area contributed by atoms with E-state index >= 15 is 0 Å². The molecule has 4 nitrogen and oxygen atoms in total. The third kappa shape index (κ3) is 4.33. The minimum atomic E-state index is 0.199. The van der Waals surface area contributed by atoms with Crippen LogP contribution in [-0.2, 0) is 11.2 Å². The highest BCUT2D eigenvalue weighted by atomic mass is 16.2. The SMILES string of the molecule is NCCC(=O)N1CCN(CCc2ccccc2)CC1. The maximum Gasteiger partial charge on any atom is 0.223 e. The summed E-state index contributed by atoms with van der Waals surface area (Å²) in [6.45, 7) is 5.16. The Morgan fingerprint density at radius 1 is 1.11 bits per heavy atom. The lowest BCUT2D eigenvalue weighted by atomic mass is 10.1. The minimum Gasteiger partial charge on any atom is -0.340 e. The van der Waals surface area contributed by atoms with Gasteiger partial charge in [0.1, 0.15) is 0 Å². The van der Waals surface area contributed by atoms with Gasteiger partial charge in [0.25, 0.3) is 0 Å². The largest absolute Gasteiger partial charge is 0.340 e. The van der Waals surface area contributed by atoms with E-state index in [-0.39, 0.29) is 5.91 Å². The predicted octanol–water partition coefficient (Wildman–Crippen LogP) is 0.722. The van der Waals surface area contributed by atoms with Crippen LogP contribution in [0.2, 0.25) is 0 Å². The number of nitrogens with zero attached hydrogens (tertiary/aromatic N) is 2. The molecule has 0 bridgehead atoms. The van der Waals surface area contributed by atoms with Crippen LogP contribution in [0.1, 0.15) is 12.0 Å². The van der Waals surface area contributed by atoms with Crippen molar-refractivity contribution in [2.24, 2.45) is 5.73 Å². The molecule has 1 saturated heterocycles. The summed E-state index contributed by atoms with van der Waals surface area (Å²) in [7, 11) is 0. The molecule has 1 aromatic rings. The molecule has 0 atom stereocenters. The summed E-state index contributed by atoms with van der Waals surface area (Å²) < 4.78 is 0. The van der Waals surface area contributed by atoms with Crippen LogP contribution in [0, 0.1) is 0 Å². The first-order valence-electron chi connectivity index (χ1n) is 7.03. The van der Waals surface area contributed by atoms with Gasteiger partial charge in [-0.3, -0.25) is 9.69 Å². The summed E-state index contributed by atoms with van der Waals surface area (Å²) in [5, 5.41) is 0. The third-order valence-electron chi connectivity index (χ3n) is 3.64. The van der Waals surface area contributed by atoms with Gasteiger partial charge in [0.05, 0.1) is 0 Å². The van der Waals surface area contributed by atoms with Crippen molar-refractivity contribution in [3.63, 3.8) is 0 Å². The molecule has 104 valence electrons. The van der Waals surface area contributed by atoms with E-state index in [9.17, 15) is 4.79 Å². The number of benzene rings is 1. The maximum atomic E-state index is 11.7. The maximum absolute atomic E-state index is 11.7. The van der Waals surface area contributed by atoms with Gasteiger partial charge in [0.15, 0.2) is 0 Å². The van der Waals surface area contributed by atoms with E-state index < -0.39 is 0 Å². The molecule has 2 N–H and O–H groups in total. The quantitative estimate of drug-likeness (QED) is 0.850. The highest BCUT2D eigenvalue weighted by molar-refractivity contribution is 5.76. The molecule has 1 aliphatic rings. The third-order valence-corrected chi connectivity index (χ3v) is 3.64. The van der Waals surface area contributed by atoms with E-state index in [0.717, 1.165) is 39.1 Å². The zero-order valence-corrected chi connectivity index (χ0v) is 11.4. The van der Waals surface area contributed by atoms with Crippen molar-refractivity contribution in [1.82, 2.24) is 9.80 Å². The Morgan fingerprint density at radius 3 is 2.42 bits per heavy atom. The molecule has 1 aliphatic heterocycles. The lowest BCUT2D eigenvalue weighted by Gasteiger charge is -2.34. The van der Waals surface area contributed by atoms with E-state index in [1.807, 2.05) is 11.0 Å². The molecule has 1 heterocycles. The van der Waals surface area contributed by atoms with E-state index in [0.29, 0.717) is 13.0 Å². The smallest absolute Gasteiger partial charge is 0.223 e. The summed E-state index contributed by atoms with van der Waals surface area (Å²) in [5.74, 6) is 0.199. The van der Waals surface area contributed by atoms with Crippen molar-refractivity contribution in [2.75, 3.05) is 39.3 Å². The lowest BCUT2D eigenvalue weighted by Crippen LogP contribution is -2.49. The Kier molecular flexibility index (Phi) is 5.36. The van der Waals surface area contributed by atoms with Gasteiger partial charge in [-0.15, -0.1) is 0 Å². The van der Waals surface area contributed by atoms with Crippen molar-refractivity contribution in [3.8, 4) is 0 Å². The van der Waals surface area contributed by atoms with Gasteiger partial charge >= 0.3 is 0 Å². The Morgan fingerprint density at radius 2 is 1.79 bits per heavy atom. The average molecular weight is 261 g/mol. The number of hydrogen-bond acceptors (Lipinski definition) is 3. The molecule has 0 aliphatic carbocycles. The second kappa shape index (κ2) is 7.26. The molecule has 2 rings (SSSR count). The molecule has 0 spiro atoms. The molecule has 0 unspecified atom stereocenters. The molecule has 4 heteroatoms. The van der Waals surface area contributed by atoms with Gasteiger partial charge in [-0.1, -0.05) is 30.3 Å². The highest BCUT2D eigenvalue weighted by Crippen LogP contribution is 2.06. The van der Waals surface area contributed by atoms with Gasteiger partial charge in [-0.25, -0.2) is 0 Å². The van der Waals surface area contributed by atoms with Crippen molar-refractivity contribution in [1.29, 1.82) is 0 Å². The summed E-state index contributed by atoms with van der Waals surface area (Å²) in [6.07, 6.45) is 1.56. The fourth-order valence-corrected chi connectivity index (χ4v) is 2.43. The van der Waals surface area contributed by atoms with Crippen molar-refractivity contribution >= 4 is 5.91 Å². The first kappa shape index (κ1) is 14.0. The highest BCUT2D eigenvalue weighted by Gasteiger charge is 2.19. The zero-order valence-electron chi connectivity index (χ0n) is 11.4. The predicted molar refractivity (Wildman–Crippen MR) is 76.8 cm³/mol. The van der Waals surface area contributed by atoms with Gasteiger partial charge < -0.3 is 10.6 Å². The molecule has 0 aromatic heterocycles. The topological polar surface area (TPSA) is 49.6 Å². The van der Waals surface area contributed by atoms with Gasteiger partial charge in [-0.05, 0) is 12.0 Å². The fraction of sp³-hybridized carbons (Fsp3) is 0.533. The standard InChI is InChI=1S/C15H23N3O/c16-8-6-15(19)18-12-10-17(11-13-18)9-7-14-4-2-1-3-5-14/h1-5H,6-13,16H2. The zero-order chi connectivity index (χ0) is 13.5. The molecule has 1 amide bonds. The summed E-state index contributed by atoms with van der Waals surface area (Å²) in [4.78, 5) is 16.1. The normalized spacial score (nSPS) is 16.6. The number of carbonyl (C=O) groups is 1. The summed E-state index contributed by atoms with van der Waals surface area (Å²) >= 11 is 0. The van der Waals surface area contributed by atoms with Crippen molar-refractivity contribution in [2.45, 2.75) is 12.8 Å². The van der Waals surface area contributed by atoms with Crippen molar-refractivity contribution in [3.05, 3.63) is 35.9 Å². The van der Waals surface area contributed by atoms with Crippen LogP contribution in [0.25, 0.3) is 0 Å². The Hall–Kier alpha value is -1.39. The molecular weight excluding hydrogens is 238 g/mol. The van der Waals surface area contributed by atoms with Gasteiger partial charge in [-0.2, -0.15) is 0 Å². The second-order valence-corrected chi connectivity index (χ2v) is 5.00. The number of hydrogen-bond donors (Lipinski definition) is 1. The van der Waals surface area contributed by atoms with Crippen LogP contribution < -0.4 is 5.73 Å². The van der Waals surface area contributed by atoms with Crippen LogP contribution >= 0.6 is 0 Å². The first-order valence-corrected chi connectivity index (χ1v) is 7.03. The number of amides is 1. The summed E-state index contributed by atoms with van der Waals surface area (Å²) in [6, 6.07) is 10.5. The summed E-state index contributed by atoms with van der Waals surface area (Å²) in [5.41, 5.74) is 6.80. The van der Waals surface area contributed by atoms with Crippen molar-refractivity contribution < 1.29 is 4.79 Å². The molecule has 0 saturated carbocycles. The minimum absolute atomic E-state index is 0.199. The molecule has 1 fully saturated rings. The van der Waals surface area contributed by atoms with Crippen LogP contribution in [0.4, 0.5) is 0 Å². The van der Waals surface area contributed by atoms with E-state index in [4.69, 9.17) is 5.73 Å².